The van der Waals surface area contributed by atoms with Gasteiger partial charge in [-0.1, -0.05) is 17.7 Å². The third-order valence-corrected chi connectivity index (χ3v) is 3.28. The first-order chi connectivity index (χ1) is 9.97. The van der Waals surface area contributed by atoms with Crippen molar-refractivity contribution in [3.63, 3.8) is 0 Å². The molecule has 0 bridgehead atoms. The van der Waals surface area contributed by atoms with E-state index in [1.54, 1.807) is 24.5 Å². The van der Waals surface area contributed by atoms with Gasteiger partial charge in [-0.25, -0.2) is 9.97 Å². The molecule has 3 heterocycles. The van der Waals surface area contributed by atoms with Gasteiger partial charge in [-0.3, -0.25) is 4.98 Å². The van der Waals surface area contributed by atoms with Crippen LogP contribution in [0.3, 0.4) is 0 Å². The van der Waals surface area contributed by atoms with E-state index in [2.05, 4.69) is 15.0 Å². The molecule has 0 fully saturated rings. The van der Waals surface area contributed by atoms with Crippen molar-refractivity contribution in [2.45, 2.75) is 12.7 Å². The number of halogens is 4. The van der Waals surface area contributed by atoms with Crippen LogP contribution in [-0.2, 0) is 12.7 Å². The highest BCUT2D eigenvalue weighted by Crippen LogP contribution is 2.38. The summed E-state index contributed by atoms with van der Waals surface area (Å²) in [5.74, 6) is 0. The summed E-state index contributed by atoms with van der Waals surface area (Å²) in [6.45, 7) is 0.216. The third kappa shape index (κ3) is 2.56. The second-order valence-corrected chi connectivity index (χ2v) is 4.75. The van der Waals surface area contributed by atoms with E-state index in [-0.39, 0.29) is 22.7 Å². The van der Waals surface area contributed by atoms with Crippen LogP contribution in [0.4, 0.5) is 13.2 Å². The number of nitrogens with zero attached hydrogens (tertiary/aromatic N) is 4. The van der Waals surface area contributed by atoms with Gasteiger partial charge in [0.25, 0.3) is 0 Å². The molecule has 0 aromatic carbocycles. The normalized spacial score (nSPS) is 12.0. The highest BCUT2D eigenvalue weighted by Gasteiger charge is 2.36. The molecule has 0 unspecified atom stereocenters. The second-order valence-electron chi connectivity index (χ2n) is 4.39. The maximum absolute atomic E-state index is 13.1. The Morgan fingerprint density at radius 2 is 2.05 bits per heavy atom. The summed E-state index contributed by atoms with van der Waals surface area (Å²) in [5, 5.41) is -0.396. The van der Waals surface area contributed by atoms with Crippen molar-refractivity contribution in [2.75, 3.05) is 0 Å². The molecule has 0 radical (unpaired) electrons. The van der Waals surface area contributed by atoms with Crippen molar-refractivity contribution >= 4 is 22.6 Å². The standard InChI is InChI=1S/C13H8ClF3N4/c14-11-10-9(13(15,16)17)6-21(12(10)20-7-19-11)5-8-2-1-3-18-4-8/h1-4,6-7H,5H2. The lowest BCUT2D eigenvalue weighted by atomic mass is 10.2. The Bertz CT molecular complexity index is 783. The van der Waals surface area contributed by atoms with Crippen LogP contribution < -0.4 is 0 Å². The lowest BCUT2D eigenvalue weighted by Crippen LogP contribution is -2.04. The molecule has 0 aliphatic rings. The third-order valence-electron chi connectivity index (χ3n) is 2.99. The largest absolute Gasteiger partial charge is 0.418 e. The van der Waals surface area contributed by atoms with Gasteiger partial charge in [0.2, 0.25) is 0 Å². The molecule has 21 heavy (non-hydrogen) atoms. The van der Waals surface area contributed by atoms with Gasteiger partial charge in [0.1, 0.15) is 17.1 Å². The number of fused-ring (bicyclic) bond motifs is 1. The topological polar surface area (TPSA) is 43.6 Å². The number of hydrogen-bond acceptors (Lipinski definition) is 3. The summed E-state index contributed by atoms with van der Waals surface area (Å²) in [6, 6.07) is 3.49. The van der Waals surface area contributed by atoms with E-state index in [1.807, 2.05) is 0 Å². The van der Waals surface area contributed by atoms with Crippen molar-refractivity contribution in [1.29, 1.82) is 0 Å². The molecule has 0 N–H and O–H groups in total. The van der Waals surface area contributed by atoms with Gasteiger partial charge in [0.15, 0.2) is 0 Å². The summed E-state index contributed by atoms with van der Waals surface area (Å²) >= 11 is 5.81. The minimum Gasteiger partial charge on any atom is -0.327 e. The van der Waals surface area contributed by atoms with E-state index in [0.29, 0.717) is 0 Å². The van der Waals surface area contributed by atoms with Crippen LogP contribution in [0.25, 0.3) is 11.0 Å². The van der Waals surface area contributed by atoms with Crippen molar-refractivity contribution in [3.8, 4) is 0 Å². The van der Waals surface area contributed by atoms with E-state index in [4.69, 9.17) is 11.6 Å². The van der Waals surface area contributed by atoms with Crippen LogP contribution in [0.2, 0.25) is 5.15 Å². The molecule has 4 nitrogen and oxygen atoms in total. The number of hydrogen-bond donors (Lipinski definition) is 0. The van der Waals surface area contributed by atoms with Gasteiger partial charge in [-0.2, -0.15) is 13.2 Å². The molecule has 3 rings (SSSR count). The predicted octanol–water partition coefficient (Wildman–Crippen LogP) is 3.55. The van der Waals surface area contributed by atoms with Crippen molar-refractivity contribution in [2.24, 2.45) is 0 Å². The monoisotopic (exact) mass is 312 g/mol. The molecule has 3 aromatic rings. The van der Waals surface area contributed by atoms with Gasteiger partial charge in [0.05, 0.1) is 17.5 Å². The predicted molar refractivity (Wildman–Crippen MR) is 70.9 cm³/mol. The molecule has 0 aliphatic heterocycles. The van der Waals surface area contributed by atoms with Crippen LogP contribution in [0.15, 0.2) is 37.1 Å². The summed E-state index contributed by atoms with van der Waals surface area (Å²) < 4.78 is 40.7. The lowest BCUT2D eigenvalue weighted by molar-refractivity contribution is -0.136. The number of rotatable bonds is 2. The van der Waals surface area contributed by atoms with Crippen LogP contribution >= 0.6 is 11.6 Å². The lowest BCUT2D eigenvalue weighted by Gasteiger charge is -2.04. The van der Waals surface area contributed by atoms with E-state index >= 15 is 0 Å². The fourth-order valence-electron chi connectivity index (χ4n) is 2.11. The average Bonchev–Trinajstić information content (AvgIpc) is 2.80. The van der Waals surface area contributed by atoms with Crippen LogP contribution in [0.5, 0.6) is 0 Å². The first kappa shape index (κ1) is 13.8. The molecular weight excluding hydrogens is 305 g/mol. The molecule has 0 aliphatic carbocycles. The minimum atomic E-state index is -4.52. The Morgan fingerprint density at radius 3 is 2.71 bits per heavy atom. The van der Waals surface area contributed by atoms with Gasteiger partial charge in [-0.15, -0.1) is 0 Å². The number of aromatic nitrogens is 4. The minimum absolute atomic E-state index is 0.145. The maximum Gasteiger partial charge on any atom is 0.418 e. The van der Waals surface area contributed by atoms with Crippen molar-refractivity contribution in [1.82, 2.24) is 19.5 Å². The fourth-order valence-corrected chi connectivity index (χ4v) is 2.34. The number of pyridine rings is 1. The zero-order valence-electron chi connectivity index (χ0n) is 10.5. The van der Waals surface area contributed by atoms with Crippen LogP contribution in [0, 0.1) is 0 Å². The zero-order chi connectivity index (χ0) is 15.0. The molecule has 108 valence electrons. The van der Waals surface area contributed by atoms with E-state index in [9.17, 15) is 13.2 Å². The van der Waals surface area contributed by atoms with Crippen LogP contribution in [-0.4, -0.2) is 19.5 Å². The van der Waals surface area contributed by atoms with Gasteiger partial charge >= 0.3 is 6.18 Å². The Morgan fingerprint density at radius 1 is 1.24 bits per heavy atom. The highest BCUT2D eigenvalue weighted by atomic mass is 35.5. The van der Waals surface area contributed by atoms with Gasteiger partial charge in [0, 0.05) is 18.6 Å². The summed E-state index contributed by atoms with van der Waals surface area (Å²) in [4.78, 5) is 11.5. The molecule has 0 saturated heterocycles. The molecule has 0 amide bonds. The Balaban J connectivity index is 2.18. The quantitative estimate of drug-likeness (QED) is 0.680. The number of alkyl halides is 3. The van der Waals surface area contributed by atoms with Crippen molar-refractivity contribution < 1.29 is 13.2 Å². The summed E-state index contributed by atoms with van der Waals surface area (Å²) in [5.41, 5.74) is 0.0658. The molecule has 0 spiro atoms. The van der Waals surface area contributed by atoms with E-state index in [1.165, 1.54) is 4.57 Å². The maximum atomic E-state index is 13.1. The zero-order valence-corrected chi connectivity index (χ0v) is 11.2. The van der Waals surface area contributed by atoms with Crippen molar-refractivity contribution in [3.05, 3.63) is 53.3 Å². The summed E-state index contributed by atoms with van der Waals surface area (Å²) in [6.07, 6.45) is 0.801. The SMILES string of the molecule is FC(F)(F)c1cn(Cc2cccnc2)c2ncnc(Cl)c12. The molecule has 8 heteroatoms. The Kier molecular flexibility index (Phi) is 3.29. The van der Waals surface area contributed by atoms with E-state index in [0.717, 1.165) is 18.1 Å². The van der Waals surface area contributed by atoms with Crippen LogP contribution in [0.1, 0.15) is 11.1 Å². The van der Waals surface area contributed by atoms with Gasteiger partial charge in [-0.05, 0) is 11.6 Å². The molecular formula is C13H8ClF3N4. The first-order valence-corrected chi connectivity index (χ1v) is 6.30. The molecule has 0 atom stereocenters. The Hall–Kier alpha value is -2.15. The smallest absolute Gasteiger partial charge is 0.327 e. The Labute approximate surface area is 122 Å². The van der Waals surface area contributed by atoms with E-state index < -0.39 is 11.7 Å². The van der Waals surface area contributed by atoms with Gasteiger partial charge < -0.3 is 4.57 Å². The average molecular weight is 313 g/mol. The highest BCUT2D eigenvalue weighted by molar-refractivity contribution is 6.34. The fraction of sp³-hybridized carbons (Fsp3) is 0.154. The molecule has 3 aromatic heterocycles. The first-order valence-electron chi connectivity index (χ1n) is 5.92. The summed E-state index contributed by atoms with van der Waals surface area (Å²) in [7, 11) is 0. The second kappa shape index (κ2) is 5.00. The molecule has 0 saturated carbocycles.